The van der Waals surface area contributed by atoms with E-state index in [4.69, 9.17) is 5.73 Å². The van der Waals surface area contributed by atoms with Crippen molar-refractivity contribution in [3.63, 3.8) is 0 Å². The lowest BCUT2D eigenvalue weighted by Crippen LogP contribution is -1.84. The molecule has 2 rings (SSSR count). The number of nitrogens with two attached hydrogens (primary N) is 1. The highest BCUT2D eigenvalue weighted by molar-refractivity contribution is 7.21. The molecule has 6 heteroatoms. The Hall–Kier alpha value is -1.30. The summed E-state index contributed by atoms with van der Waals surface area (Å²) >= 11 is 1.31. The highest BCUT2D eigenvalue weighted by Crippen LogP contribution is 2.17. The second-order valence-electron chi connectivity index (χ2n) is 1.64. The van der Waals surface area contributed by atoms with Gasteiger partial charge in [0.05, 0.1) is 0 Å². The highest BCUT2D eigenvalue weighted by atomic mass is 32.1. The van der Waals surface area contributed by atoms with Gasteiger partial charge in [-0.05, 0) is 0 Å². The van der Waals surface area contributed by atoms with Crippen LogP contribution in [0, 0.1) is 0 Å². The molecule has 0 radical (unpaired) electrons. The van der Waals surface area contributed by atoms with Gasteiger partial charge in [-0.3, -0.25) is 0 Å². The van der Waals surface area contributed by atoms with Crippen molar-refractivity contribution in [1.82, 2.24) is 20.2 Å². The number of hydrogen-bond donors (Lipinski definition) is 1. The molecule has 0 fully saturated rings. The number of aromatic nitrogens is 4. The Kier molecular flexibility index (Phi) is 1.01. The van der Waals surface area contributed by atoms with Crippen molar-refractivity contribution in [3.8, 4) is 0 Å². The van der Waals surface area contributed by atoms with Gasteiger partial charge in [0, 0.05) is 0 Å². The number of fused-ring (bicyclic) bond motifs is 1. The summed E-state index contributed by atoms with van der Waals surface area (Å²) in [5, 5.41) is 7.74. The van der Waals surface area contributed by atoms with Crippen LogP contribution in [0.2, 0.25) is 0 Å². The number of nitrogens with zero attached hydrogens (tertiary/aromatic N) is 4. The van der Waals surface area contributed by atoms with Crippen molar-refractivity contribution in [2.75, 3.05) is 5.73 Å². The summed E-state index contributed by atoms with van der Waals surface area (Å²) in [5.74, 6) is 0. The Morgan fingerprint density at radius 2 is 2.40 bits per heavy atom. The molecule has 0 amide bonds. The van der Waals surface area contributed by atoms with Crippen LogP contribution < -0.4 is 5.73 Å². The summed E-state index contributed by atoms with van der Waals surface area (Å²) in [6.07, 6.45) is 1.37. The van der Waals surface area contributed by atoms with E-state index in [9.17, 15) is 0 Å². The Morgan fingerprint density at radius 3 is 3.20 bits per heavy atom. The molecule has 0 spiro atoms. The zero-order valence-electron chi connectivity index (χ0n) is 4.85. The van der Waals surface area contributed by atoms with Crippen LogP contribution in [0.15, 0.2) is 6.33 Å². The smallest absolute Gasteiger partial charge is 0.213 e. The molecule has 0 aromatic carbocycles. The third-order valence-corrected chi connectivity index (χ3v) is 1.77. The van der Waals surface area contributed by atoms with Gasteiger partial charge < -0.3 is 5.73 Å². The van der Waals surface area contributed by atoms with Crippen molar-refractivity contribution in [2.24, 2.45) is 0 Å². The van der Waals surface area contributed by atoms with Gasteiger partial charge in [0.2, 0.25) is 5.65 Å². The second-order valence-corrected chi connectivity index (χ2v) is 2.65. The van der Waals surface area contributed by atoms with E-state index in [1.54, 1.807) is 0 Å². The Balaban J connectivity index is 2.88. The van der Waals surface area contributed by atoms with E-state index in [-0.39, 0.29) is 0 Å². The molecule has 2 heterocycles. The molecular weight excluding hydrogens is 150 g/mol. The van der Waals surface area contributed by atoms with E-state index < -0.39 is 0 Å². The molecule has 0 atom stereocenters. The van der Waals surface area contributed by atoms with Crippen LogP contribution >= 0.6 is 11.3 Å². The number of rotatable bonds is 0. The van der Waals surface area contributed by atoms with E-state index in [1.165, 1.54) is 17.7 Å². The van der Waals surface area contributed by atoms with Gasteiger partial charge in [0.1, 0.15) is 6.33 Å². The average Bonchev–Trinajstić information content (AvgIpc) is 2.27. The van der Waals surface area contributed by atoms with Crippen LogP contribution in [-0.4, -0.2) is 20.2 Å². The molecule has 0 bridgehead atoms. The first-order valence-electron chi connectivity index (χ1n) is 2.56. The third kappa shape index (κ3) is 0.695. The zero-order chi connectivity index (χ0) is 6.97. The van der Waals surface area contributed by atoms with Gasteiger partial charge in [-0.15, -0.1) is 10.2 Å². The molecule has 5 nitrogen and oxygen atoms in total. The molecule has 2 aromatic heterocycles. The molecule has 0 unspecified atom stereocenters. The van der Waals surface area contributed by atoms with E-state index >= 15 is 0 Å². The van der Waals surface area contributed by atoms with Crippen LogP contribution in [0.1, 0.15) is 0 Å². The predicted molar refractivity (Wildman–Crippen MR) is 37.4 cm³/mol. The normalized spacial score (nSPS) is 10.4. The van der Waals surface area contributed by atoms with Crippen molar-refractivity contribution in [2.45, 2.75) is 0 Å². The van der Waals surface area contributed by atoms with Gasteiger partial charge in [0.25, 0.3) is 0 Å². The summed E-state index contributed by atoms with van der Waals surface area (Å²) in [6, 6.07) is 0. The zero-order valence-corrected chi connectivity index (χ0v) is 5.67. The molecule has 0 saturated heterocycles. The summed E-state index contributed by atoms with van der Waals surface area (Å²) in [5.41, 5.74) is 5.91. The predicted octanol–water partition coefficient (Wildman–Crippen LogP) is 0.0635. The fourth-order valence-electron chi connectivity index (χ4n) is 0.628. The highest BCUT2D eigenvalue weighted by Gasteiger charge is 2.00. The van der Waals surface area contributed by atoms with E-state index in [1.807, 2.05) is 0 Å². The summed E-state index contributed by atoms with van der Waals surface area (Å²) in [6.45, 7) is 0. The Labute approximate surface area is 59.9 Å². The van der Waals surface area contributed by atoms with Crippen LogP contribution in [0.25, 0.3) is 10.5 Å². The summed E-state index contributed by atoms with van der Waals surface area (Å²) in [4.78, 5) is 8.51. The summed E-state index contributed by atoms with van der Waals surface area (Å²) < 4.78 is 0. The topological polar surface area (TPSA) is 77.6 Å². The maximum atomic E-state index is 5.39. The van der Waals surface area contributed by atoms with Crippen molar-refractivity contribution in [3.05, 3.63) is 6.33 Å². The molecule has 2 aromatic rings. The van der Waals surface area contributed by atoms with Gasteiger partial charge in [-0.25, -0.2) is 4.98 Å². The SMILES string of the molecule is Nc1nc2nncnc2s1. The first-order chi connectivity index (χ1) is 4.86. The van der Waals surface area contributed by atoms with E-state index in [0.717, 1.165) is 4.83 Å². The number of nitrogen functional groups attached to an aromatic ring is 1. The fraction of sp³-hybridized carbons (Fsp3) is 0. The minimum atomic E-state index is 0.475. The van der Waals surface area contributed by atoms with Gasteiger partial charge >= 0.3 is 0 Å². The molecular formula is C4H3N5S. The minimum absolute atomic E-state index is 0.475. The van der Waals surface area contributed by atoms with E-state index in [2.05, 4.69) is 20.2 Å². The molecule has 0 aliphatic rings. The molecule has 0 saturated carbocycles. The second kappa shape index (κ2) is 1.84. The third-order valence-electron chi connectivity index (χ3n) is 0.988. The van der Waals surface area contributed by atoms with Crippen LogP contribution in [0.4, 0.5) is 5.13 Å². The number of anilines is 1. The first-order valence-corrected chi connectivity index (χ1v) is 3.37. The minimum Gasteiger partial charge on any atom is -0.375 e. The van der Waals surface area contributed by atoms with Crippen LogP contribution in [0.5, 0.6) is 0 Å². The number of thiazole rings is 1. The lowest BCUT2D eigenvalue weighted by Gasteiger charge is -1.77. The lowest BCUT2D eigenvalue weighted by molar-refractivity contribution is 1.01. The Bertz CT molecular complexity index is 322. The van der Waals surface area contributed by atoms with Crippen LogP contribution in [-0.2, 0) is 0 Å². The lowest BCUT2D eigenvalue weighted by atomic mass is 10.8. The summed E-state index contributed by atoms with van der Waals surface area (Å²) in [7, 11) is 0. The standard InChI is InChI=1S/C4H3N5S/c5-4-8-2-3(10-4)6-1-7-9-2/h1H,(H2,5,8,9). The molecule has 2 N–H and O–H groups in total. The quantitative estimate of drug-likeness (QED) is 0.579. The maximum absolute atomic E-state index is 5.39. The molecule has 0 aliphatic carbocycles. The maximum Gasteiger partial charge on any atom is 0.213 e. The first kappa shape index (κ1) is 5.48. The van der Waals surface area contributed by atoms with Crippen molar-refractivity contribution >= 4 is 26.9 Å². The largest absolute Gasteiger partial charge is 0.375 e. The van der Waals surface area contributed by atoms with Crippen molar-refractivity contribution < 1.29 is 0 Å². The van der Waals surface area contributed by atoms with Gasteiger partial charge in [-0.2, -0.15) is 4.98 Å². The number of hydrogen-bond acceptors (Lipinski definition) is 6. The Morgan fingerprint density at radius 1 is 1.50 bits per heavy atom. The molecule has 0 aliphatic heterocycles. The monoisotopic (exact) mass is 153 g/mol. The molecule has 50 valence electrons. The van der Waals surface area contributed by atoms with Gasteiger partial charge in [-0.1, -0.05) is 11.3 Å². The van der Waals surface area contributed by atoms with Gasteiger partial charge in [0.15, 0.2) is 9.96 Å². The fourth-order valence-corrected chi connectivity index (χ4v) is 1.24. The van der Waals surface area contributed by atoms with E-state index in [0.29, 0.717) is 10.8 Å². The average molecular weight is 153 g/mol. The molecule has 10 heavy (non-hydrogen) atoms. The van der Waals surface area contributed by atoms with Crippen LogP contribution in [0.3, 0.4) is 0 Å². The van der Waals surface area contributed by atoms with Crippen molar-refractivity contribution in [1.29, 1.82) is 0 Å².